The number of aliphatic imine (C=N–C) groups is 1. The second kappa shape index (κ2) is 13.3. The first-order valence-electron chi connectivity index (χ1n) is 9.62. The van der Waals surface area contributed by atoms with E-state index in [0.29, 0.717) is 18.5 Å². The number of nitrogens with one attached hydrogen (secondary N) is 3. The van der Waals surface area contributed by atoms with E-state index in [-0.39, 0.29) is 29.9 Å². The number of guanidine groups is 1. The molecule has 3 N–H and O–H groups in total. The highest BCUT2D eigenvalue weighted by atomic mass is 127. The van der Waals surface area contributed by atoms with Crippen LogP contribution in [0.4, 0.5) is 0 Å². The topological polar surface area (TPSA) is 68.8 Å². The zero-order valence-corrected chi connectivity index (χ0v) is 19.8. The molecule has 1 aliphatic rings. The average molecular weight is 507 g/mol. The lowest BCUT2D eigenvalue weighted by Crippen LogP contribution is -2.50. The third kappa shape index (κ3) is 8.78. The molecule has 1 atom stereocenters. The summed E-state index contributed by atoms with van der Waals surface area (Å²) in [5.74, 6) is 1.47. The van der Waals surface area contributed by atoms with Gasteiger partial charge in [0.25, 0.3) is 0 Å². The lowest BCUT2D eigenvalue weighted by atomic mass is 10.1. The molecule has 2 rings (SSSR count). The van der Waals surface area contributed by atoms with Crippen molar-refractivity contribution in [3.05, 3.63) is 22.4 Å². The van der Waals surface area contributed by atoms with Crippen molar-refractivity contribution in [2.24, 2.45) is 4.99 Å². The van der Waals surface area contributed by atoms with Crippen LogP contribution in [0.1, 0.15) is 43.9 Å². The summed E-state index contributed by atoms with van der Waals surface area (Å²) in [6, 6.07) is 4.69. The minimum absolute atomic E-state index is 0. The van der Waals surface area contributed by atoms with Crippen LogP contribution in [0.15, 0.2) is 22.5 Å². The van der Waals surface area contributed by atoms with Crippen LogP contribution in [0.3, 0.4) is 0 Å². The third-order valence-corrected chi connectivity index (χ3v) is 5.80. The van der Waals surface area contributed by atoms with Gasteiger partial charge in [-0.2, -0.15) is 0 Å². The molecule has 1 aromatic heterocycles. The Morgan fingerprint density at radius 3 is 2.70 bits per heavy atom. The van der Waals surface area contributed by atoms with Gasteiger partial charge in [-0.3, -0.25) is 14.7 Å². The molecule has 154 valence electrons. The van der Waals surface area contributed by atoms with Crippen LogP contribution >= 0.6 is 35.3 Å². The van der Waals surface area contributed by atoms with Gasteiger partial charge < -0.3 is 16.0 Å². The Bertz CT molecular complexity index is 558. The van der Waals surface area contributed by atoms with Crippen molar-refractivity contribution in [3.8, 4) is 0 Å². The van der Waals surface area contributed by atoms with E-state index in [0.717, 1.165) is 51.4 Å². The summed E-state index contributed by atoms with van der Waals surface area (Å²) >= 11 is 1.80. The molecule has 1 unspecified atom stereocenters. The highest BCUT2D eigenvalue weighted by molar-refractivity contribution is 14.0. The molecule has 6 nitrogen and oxygen atoms in total. The monoisotopic (exact) mass is 507 g/mol. The van der Waals surface area contributed by atoms with Crippen molar-refractivity contribution in [1.82, 2.24) is 20.9 Å². The van der Waals surface area contributed by atoms with E-state index >= 15 is 0 Å². The predicted octanol–water partition coefficient (Wildman–Crippen LogP) is 2.63. The number of likely N-dealkylation sites (tertiary alicyclic amines) is 1. The van der Waals surface area contributed by atoms with Gasteiger partial charge in [0.2, 0.25) is 5.91 Å². The molecule has 1 aliphatic heterocycles. The van der Waals surface area contributed by atoms with Crippen LogP contribution in [0.25, 0.3) is 0 Å². The number of hydrogen-bond donors (Lipinski definition) is 3. The van der Waals surface area contributed by atoms with Crippen molar-refractivity contribution >= 4 is 47.2 Å². The van der Waals surface area contributed by atoms with Gasteiger partial charge in [0.05, 0.1) is 6.54 Å². The number of halogens is 1. The Labute approximate surface area is 184 Å². The number of carbonyl (C=O) groups excluding carboxylic acids is 1. The van der Waals surface area contributed by atoms with Crippen LogP contribution in [0.2, 0.25) is 0 Å². The Kier molecular flexibility index (Phi) is 11.9. The van der Waals surface area contributed by atoms with E-state index in [1.165, 1.54) is 4.88 Å². The summed E-state index contributed by atoms with van der Waals surface area (Å²) in [7, 11) is 1.82. The first-order chi connectivity index (χ1) is 12.6. The molecule has 0 spiro atoms. The second-order valence-corrected chi connectivity index (χ2v) is 7.89. The van der Waals surface area contributed by atoms with Crippen LogP contribution in [-0.2, 0) is 4.79 Å². The molecule has 27 heavy (non-hydrogen) atoms. The van der Waals surface area contributed by atoms with Gasteiger partial charge in [-0.25, -0.2) is 0 Å². The second-order valence-electron chi connectivity index (χ2n) is 6.91. The molecule has 0 aromatic carbocycles. The third-order valence-electron chi connectivity index (χ3n) is 4.70. The highest BCUT2D eigenvalue weighted by Crippen LogP contribution is 2.19. The van der Waals surface area contributed by atoms with E-state index in [1.807, 2.05) is 7.05 Å². The van der Waals surface area contributed by atoms with Gasteiger partial charge in [0.1, 0.15) is 0 Å². The zero-order valence-electron chi connectivity index (χ0n) is 16.7. The zero-order chi connectivity index (χ0) is 18.8. The first-order valence-corrected chi connectivity index (χ1v) is 10.5. The van der Waals surface area contributed by atoms with Crippen LogP contribution < -0.4 is 16.0 Å². The van der Waals surface area contributed by atoms with Crippen molar-refractivity contribution in [3.63, 3.8) is 0 Å². The molecule has 2 heterocycles. The fraction of sp³-hybridized carbons (Fsp3) is 0.684. The number of piperidine rings is 1. The Morgan fingerprint density at radius 2 is 2.11 bits per heavy atom. The highest BCUT2D eigenvalue weighted by Gasteiger charge is 2.21. The van der Waals surface area contributed by atoms with E-state index in [4.69, 9.17) is 0 Å². The Balaban J connectivity index is 0.00000364. The summed E-state index contributed by atoms with van der Waals surface area (Å²) in [6.07, 6.45) is 3.04. The van der Waals surface area contributed by atoms with Crippen LogP contribution in [0.5, 0.6) is 0 Å². The molecule has 1 saturated heterocycles. The lowest BCUT2D eigenvalue weighted by Gasteiger charge is -2.32. The van der Waals surface area contributed by atoms with Crippen molar-refractivity contribution < 1.29 is 4.79 Å². The number of rotatable bonds is 8. The summed E-state index contributed by atoms with van der Waals surface area (Å²) < 4.78 is 0. The Morgan fingerprint density at radius 1 is 1.37 bits per heavy atom. The maximum atomic E-state index is 11.8. The molecule has 8 heteroatoms. The number of nitrogens with zero attached hydrogens (tertiary/aromatic N) is 2. The number of thiophene rings is 1. The van der Waals surface area contributed by atoms with Gasteiger partial charge in [-0.15, -0.1) is 35.3 Å². The SMILES string of the molecule is CCCNC(=O)CN1CCC(NC(=NC)NCC(C)c2cccs2)CC1.I. The van der Waals surface area contributed by atoms with E-state index < -0.39 is 0 Å². The summed E-state index contributed by atoms with van der Waals surface area (Å²) in [5, 5.41) is 12.0. The van der Waals surface area contributed by atoms with E-state index in [2.05, 4.69) is 57.2 Å². The molecule has 0 aliphatic carbocycles. The molecular formula is C19H34IN5OS. The van der Waals surface area contributed by atoms with Crippen molar-refractivity contribution in [1.29, 1.82) is 0 Å². The van der Waals surface area contributed by atoms with Crippen LogP contribution in [-0.4, -0.2) is 62.6 Å². The van der Waals surface area contributed by atoms with Gasteiger partial charge in [-0.1, -0.05) is 19.9 Å². The summed E-state index contributed by atoms with van der Waals surface area (Å²) in [4.78, 5) is 19.8. The standard InChI is InChI=1S/C19H33N5OS.HI/c1-4-9-21-18(25)14-24-10-7-16(8-11-24)23-19(20-3)22-13-15(2)17-6-5-12-26-17;/h5-6,12,15-16H,4,7-11,13-14H2,1-3H3,(H,21,25)(H2,20,22,23);1H. The minimum atomic E-state index is 0. The Hall–Kier alpha value is -0.870. The van der Waals surface area contributed by atoms with E-state index in [9.17, 15) is 4.79 Å². The minimum Gasteiger partial charge on any atom is -0.356 e. The molecule has 1 aromatic rings. The molecule has 0 saturated carbocycles. The molecule has 1 amide bonds. The summed E-state index contributed by atoms with van der Waals surface area (Å²) in [5.41, 5.74) is 0. The van der Waals surface area contributed by atoms with Gasteiger partial charge in [-0.05, 0) is 30.7 Å². The lowest BCUT2D eigenvalue weighted by molar-refractivity contribution is -0.122. The smallest absolute Gasteiger partial charge is 0.234 e. The van der Waals surface area contributed by atoms with Gasteiger partial charge in [0, 0.05) is 50.1 Å². The predicted molar refractivity (Wildman–Crippen MR) is 125 cm³/mol. The molecule has 0 bridgehead atoms. The van der Waals surface area contributed by atoms with Crippen LogP contribution in [0, 0.1) is 0 Å². The molecule has 1 fully saturated rings. The molecule has 0 radical (unpaired) electrons. The molecular weight excluding hydrogens is 473 g/mol. The number of carbonyl (C=O) groups is 1. The fourth-order valence-electron chi connectivity index (χ4n) is 3.07. The number of amides is 1. The van der Waals surface area contributed by atoms with Crippen molar-refractivity contribution in [2.75, 3.05) is 39.8 Å². The normalized spacial score (nSPS) is 17.1. The maximum absolute atomic E-state index is 11.8. The fourth-order valence-corrected chi connectivity index (χ4v) is 3.86. The quantitative estimate of drug-likeness (QED) is 0.288. The first kappa shape index (κ1) is 24.2. The van der Waals surface area contributed by atoms with E-state index in [1.54, 1.807) is 11.3 Å². The maximum Gasteiger partial charge on any atom is 0.234 e. The summed E-state index contributed by atoms with van der Waals surface area (Å²) in [6.45, 7) is 8.34. The average Bonchev–Trinajstić information content (AvgIpc) is 3.19. The number of hydrogen-bond acceptors (Lipinski definition) is 4. The van der Waals surface area contributed by atoms with Gasteiger partial charge >= 0.3 is 0 Å². The van der Waals surface area contributed by atoms with Crippen molar-refractivity contribution in [2.45, 2.75) is 45.1 Å². The van der Waals surface area contributed by atoms with Gasteiger partial charge in [0.15, 0.2) is 5.96 Å². The largest absolute Gasteiger partial charge is 0.356 e.